The van der Waals surface area contributed by atoms with Crippen molar-refractivity contribution >= 4 is 70.4 Å². The van der Waals surface area contributed by atoms with Crippen molar-refractivity contribution in [1.29, 1.82) is 0 Å². The van der Waals surface area contributed by atoms with E-state index in [4.69, 9.17) is 0 Å². The molecule has 11 rings (SSSR count). The van der Waals surface area contributed by atoms with Gasteiger partial charge in [0.05, 0.1) is 16.7 Å². The van der Waals surface area contributed by atoms with Gasteiger partial charge in [-0.1, -0.05) is 146 Å². The number of thiophene rings is 1. The Bertz CT molecular complexity index is 3230. The number of para-hydroxylation sites is 3. The van der Waals surface area contributed by atoms with E-state index in [1.54, 1.807) is 0 Å². The highest BCUT2D eigenvalue weighted by molar-refractivity contribution is 7.25. The molecule has 57 heavy (non-hydrogen) atoms. The van der Waals surface area contributed by atoms with Crippen LogP contribution in [0.3, 0.4) is 0 Å². The summed E-state index contributed by atoms with van der Waals surface area (Å²) in [5.74, 6) is 0. The summed E-state index contributed by atoms with van der Waals surface area (Å²) >= 11 is 1.86. The molecule has 0 radical (unpaired) electrons. The summed E-state index contributed by atoms with van der Waals surface area (Å²) < 4.78 is 5.07. The van der Waals surface area contributed by atoms with Crippen LogP contribution in [0.2, 0.25) is 0 Å². The van der Waals surface area contributed by atoms with Gasteiger partial charge in [0.2, 0.25) is 0 Å². The number of benzene rings is 9. The Morgan fingerprint density at radius 3 is 1.77 bits per heavy atom. The van der Waals surface area contributed by atoms with Crippen LogP contribution >= 0.6 is 11.3 Å². The standard InChI is InChI=1S/C54H36N2S/c1-3-14-37(15-4-1)38-26-28-39(29-27-38)40-16-13-19-43(34-40)55(42-17-5-2-6-18-42)50-23-10-7-20-45(50)41-30-32-52-48(35-41)46-21-8-11-24-51(46)56(52)44-31-33-54-49(36-44)47-22-9-12-25-53(47)57-54/h1-36H. The second-order valence-electron chi connectivity index (χ2n) is 14.5. The quantitative estimate of drug-likeness (QED) is 0.158. The van der Waals surface area contributed by atoms with Gasteiger partial charge < -0.3 is 9.47 Å². The van der Waals surface area contributed by atoms with Crippen LogP contribution in [-0.2, 0) is 0 Å². The molecule has 268 valence electrons. The molecule has 0 bridgehead atoms. The zero-order valence-corrected chi connectivity index (χ0v) is 31.9. The Hall–Kier alpha value is -7.20. The molecular formula is C54H36N2S. The lowest BCUT2D eigenvalue weighted by Crippen LogP contribution is -2.11. The summed E-state index contributed by atoms with van der Waals surface area (Å²) in [4.78, 5) is 2.39. The maximum atomic E-state index is 2.43. The largest absolute Gasteiger partial charge is 0.310 e. The number of hydrogen-bond donors (Lipinski definition) is 0. The fourth-order valence-corrected chi connectivity index (χ4v) is 9.59. The molecule has 3 heteroatoms. The fourth-order valence-electron chi connectivity index (χ4n) is 8.50. The monoisotopic (exact) mass is 744 g/mol. The van der Waals surface area contributed by atoms with Gasteiger partial charge >= 0.3 is 0 Å². The van der Waals surface area contributed by atoms with E-state index in [-0.39, 0.29) is 0 Å². The molecule has 11 aromatic rings. The first-order valence-electron chi connectivity index (χ1n) is 19.4. The van der Waals surface area contributed by atoms with Crippen molar-refractivity contribution in [2.45, 2.75) is 0 Å². The number of rotatable bonds is 7. The molecule has 9 aromatic carbocycles. The number of aromatic nitrogens is 1. The smallest absolute Gasteiger partial charge is 0.0541 e. The van der Waals surface area contributed by atoms with E-state index in [9.17, 15) is 0 Å². The first-order chi connectivity index (χ1) is 28.3. The van der Waals surface area contributed by atoms with Crippen molar-refractivity contribution in [1.82, 2.24) is 4.57 Å². The van der Waals surface area contributed by atoms with Crippen molar-refractivity contribution in [2.24, 2.45) is 0 Å². The minimum atomic E-state index is 1.10. The van der Waals surface area contributed by atoms with Gasteiger partial charge in [0.1, 0.15) is 0 Å². The topological polar surface area (TPSA) is 8.17 Å². The second kappa shape index (κ2) is 13.8. The normalized spacial score (nSPS) is 11.5. The van der Waals surface area contributed by atoms with E-state index in [0.717, 1.165) is 17.1 Å². The van der Waals surface area contributed by atoms with Crippen molar-refractivity contribution in [3.63, 3.8) is 0 Å². The average Bonchev–Trinajstić information content (AvgIpc) is 3.82. The molecule has 0 spiro atoms. The van der Waals surface area contributed by atoms with Gasteiger partial charge in [-0.15, -0.1) is 11.3 Å². The van der Waals surface area contributed by atoms with Crippen molar-refractivity contribution in [2.75, 3.05) is 4.90 Å². The molecule has 0 aliphatic carbocycles. The lowest BCUT2D eigenvalue weighted by Gasteiger charge is -2.28. The summed E-state index contributed by atoms with van der Waals surface area (Å²) in [6.07, 6.45) is 0. The highest BCUT2D eigenvalue weighted by Gasteiger charge is 2.20. The molecule has 2 heterocycles. The SMILES string of the molecule is c1ccc(-c2ccc(-c3cccc(N(c4ccccc4)c4ccccc4-c4ccc5c(c4)c4ccccc4n5-c4ccc5sc6ccccc6c5c4)c3)cc2)cc1. The summed E-state index contributed by atoms with van der Waals surface area (Å²) in [6, 6.07) is 79.4. The van der Waals surface area contributed by atoms with Gasteiger partial charge in [0, 0.05) is 53.6 Å². The Morgan fingerprint density at radius 1 is 0.333 bits per heavy atom. The molecule has 2 aromatic heterocycles. The molecule has 0 saturated heterocycles. The third-order valence-corrected chi connectivity index (χ3v) is 12.3. The Kier molecular flexibility index (Phi) is 8.04. The van der Waals surface area contributed by atoms with E-state index < -0.39 is 0 Å². The molecule has 0 atom stereocenters. The molecule has 0 aliphatic heterocycles. The maximum absolute atomic E-state index is 2.43. The zero-order chi connectivity index (χ0) is 37.7. The van der Waals surface area contributed by atoms with Gasteiger partial charge in [-0.25, -0.2) is 0 Å². The highest BCUT2D eigenvalue weighted by Crippen LogP contribution is 2.44. The lowest BCUT2D eigenvalue weighted by atomic mass is 9.98. The van der Waals surface area contributed by atoms with Crippen molar-refractivity contribution in [3.8, 4) is 39.1 Å². The van der Waals surface area contributed by atoms with Crippen LogP contribution in [0, 0.1) is 0 Å². The Balaban J connectivity index is 1.04. The Morgan fingerprint density at radius 2 is 0.930 bits per heavy atom. The molecule has 0 N–H and O–H groups in total. The predicted molar refractivity (Wildman–Crippen MR) is 245 cm³/mol. The first-order valence-corrected chi connectivity index (χ1v) is 20.2. The average molecular weight is 745 g/mol. The van der Waals surface area contributed by atoms with Crippen molar-refractivity contribution < 1.29 is 0 Å². The molecule has 0 amide bonds. The van der Waals surface area contributed by atoms with E-state index in [1.165, 1.54) is 81.0 Å². The third-order valence-electron chi connectivity index (χ3n) is 11.2. The molecule has 0 unspecified atom stereocenters. The Labute approximate surface area is 335 Å². The highest BCUT2D eigenvalue weighted by atomic mass is 32.1. The number of fused-ring (bicyclic) bond motifs is 6. The number of nitrogens with zero attached hydrogens (tertiary/aromatic N) is 2. The van der Waals surface area contributed by atoms with E-state index in [2.05, 4.69) is 228 Å². The zero-order valence-electron chi connectivity index (χ0n) is 31.1. The third kappa shape index (κ3) is 5.80. The van der Waals surface area contributed by atoms with Crippen LogP contribution in [0.15, 0.2) is 218 Å². The van der Waals surface area contributed by atoms with Crippen LogP contribution in [0.5, 0.6) is 0 Å². The van der Waals surface area contributed by atoms with Gasteiger partial charge in [-0.05, 0) is 101 Å². The summed E-state index contributed by atoms with van der Waals surface area (Å²) in [6.45, 7) is 0. The van der Waals surface area contributed by atoms with Crippen LogP contribution in [0.1, 0.15) is 0 Å². The molecule has 0 saturated carbocycles. The molecular weight excluding hydrogens is 709 g/mol. The first kappa shape index (κ1) is 33.2. The van der Waals surface area contributed by atoms with Crippen LogP contribution in [-0.4, -0.2) is 4.57 Å². The van der Waals surface area contributed by atoms with Crippen LogP contribution in [0.25, 0.3) is 81.0 Å². The molecule has 0 aliphatic rings. The van der Waals surface area contributed by atoms with Gasteiger partial charge in [-0.2, -0.15) is 0 Å². The summed E-state index contributed by atoms with van der Waals surface area (Å²) in [5, 5.41) is 5.10. The number of anilines is 3. The fraction of sp³-hybridized carbons (Fsp3) is 0. The van der Waals surface area contributed by atoms with Crippen molar-refractivity contribution in [3.05, 3.63) is 218 Å². The van der Waals surface area contributed by atoms with Crippen LogP contribution < -0.4 is 4.90 Å². The number of hydrogen-bond acceptors (Lipinski definition) is 2. The molecule has 0 fully saturated rings. The summed E-state index contributed by atoms with van der Waals surface area (Å²) in [7, 11) is 0. The lowest BCUT2D eigenvalue weighted by molar-refractivity contribution is 1.19. The van der Waals surface area contributed by atoms with E-state index >= 15 is 0 Å². The van der Waals surface area contributed by atoms with Gasteiger partial charge in [-0.3, -0.25) is 0 Å². The maximum Gasteiger partial charge on any atom is 0.0541 e. The summed E-state index contributed by atoms with van der Waals surface area (Å²) in [5.41, 5.74) is 14.1. The minimum Gasteiger partial charge on any atom is -0.310 e. The minimum absolute atomic E-state index is 1.10. The van der Waals surface area contributed by atoms with E-state index in [1.807, 2.05) is 11.3 Å². The second-order valence-corrected chi connectivity index (χ2v) is 15.6. The van der Waals surface area contributed by atoms with E-state index in [0.29, 0.717) is 0 Å². The van der Waals surface area contributed by atoms with Crippen LogP contribution in [0.4, 0.5) is 17.1 Å². The predicted octanol–water partition coefficient (Wildman–Crippen LogP) is 15.6. The van der Waals surface area contributed by atoms with Gasteiger partial charge in [0.25, 0.3) is 0 Å². The van der Waals surface area contributed by atoms with Gasteiger partial charge in [0.15, 0.2) is 0 Å². The molecule has 2 nitrogen and oxygen atoms in total.